The molecule has 30 heavy (non-hydrogen) atoms. The topological polar surface area (TPSA) is 37.3 Å². The number of hydrogen-bond acceptors (Lipinski definition) is 2. The third kappa shape index (κ3) is 3.77. The summed E-state index contributed by atoms with van der Waals surface area (Å²) in [7, 11) is -2.39. The molecule has 2 nitrogen and oxygen atoms in total. The molecule has 148 valence electrons. The summed E-state index contributed by atoms with van der Waals surface area (Å²) in [5.74, 6) is -1.02. The average Bonchev–Trinajstić information content (AvgIpc) is 2.80. The Bertz CT molecular complexity index is 1050. The van der Waals surface area contributed by atoms with E-state index in [-0.39, 0.29) is 23.3 Å². The van der Waals surface area contributed by atoms with Crippen LogP contribution < -0.4 is 15.9 Å². The molecule has 0 bridgehead atoms. The Balaban J connectivity index is 1.95. The van der Waals surface area contributed by atoms with Gasteiger partial charge in [0.15, 0.2) is 0 Å². The van der Waals surface area contributed by atoms with E-state index in [0.717, 1.165) is 28.0 Å². The Morgan fingerprint density at radius 3 is 1.57 bits per heavy atom. The number of carbonyl (C=O) groups excluding carboxylic acids is 1. The Morgan fingerprint density at radius 1 is 0.700 bits per heavy atom. The molecule has 0 radical (unpaired) electrons. The van der Waals surface area contributed by atoms with E-state index in [4.69, 9.17) is 0 Å². The number of Topliss-reactive ketones (excluding diaryl/α,β-unsaturated/α-hetero) is 1. The first kappa shape index (κ1) is 20.0. The number of hydrogen-bond donors (Lipinski definition) is 1. The molecule has 0 spiro atoms. The van der Waals surface area contributed by atoms with Crippen LogP contribution in [0.5, 0.6) is 5.75 Å². The van der Waals surface area contributed by atoms with E-state index >= 15 is 0 Å². The van der Waals surface area contributed by atoms with Gasteiger partial charge in [0.2, 0.25) is 5.78 Å². The number of phenolic OH excluding ortho intramolecular Hbond substituents is 1. The van der Waals surface area contributed by atoms with Crippen molar-refractivity contribution in [1.29, 1.82) is 0 Å². The number of ketones is 1. The van der Waals surface area contributed by atoms with Crippen molar-refractivity contribution in [3.63, 3.8) is 0 Å². The largest absolute Gasteiger partial charge is 0.507 e. The predicted molar refractivity (Wildman–Crippen MR) is 122 cm³/mol. The van der Waals surface area contributed by atoms with Gasteiger partial charge in [-0.15, -0.1) is 0 Å². The Hall–Kier alpha value is -3.29. The van der Waals surface area contributed by atoms with Crippen molar-refractivity contribution in [1.82, 2.24) is 0 Å². The molecule has 0 unspecified atom stereocenters. The maximum Gasteiger partial charge on any atom is 0.204 e. The summed E-state index contributed by atoms with van der Waals surface area (Å²) in [6.07, 6.45) is 0.155. The van der Waals surface area contributed by atoms with Gasteiger partial charge in [0, 0.05) is 0 Å². The second-order valence-electron chi connectivity index (χ2n) is 7.06. The third-order valence-corrected chi connectivity index (χ3v) is 9.53. The molecule has 4 aromatic rings. The zero-order valence-corrected chi connectivity index (χ0v) is 17.2. The third-order valence-electron chi connectivity index (χ3n) is 5.23. The molecule has 0 saturated heterocycles. The number of rotatable bonds is 6. The summed E-state index contributed by atoms with van der Waals surface area (Å²) in [6, 6.07) is 33.5. The highest BCUT2D eigenvalue weighted by Crippen LogP contribution is 2.55. The van der Waals surface area contributed by atoms with E-state index in [1.165, 1.54) is 6.07 Å². The zero-order valence-electron chi connectivity index (χ0n) is 16.3. The van der Waals surface area contributed by atoms with Crippen molar-refractivity contribution in [2.24, 2.45) is 0 Å². The molecule has 0 saturated carbocycles. The highest BCUT2D eigenvalue weighted by Gasteiger charge is 2.47. The van der Waals surface area contributed by atoms with Gasteiger partial charge >= 0.3 is 0 Å². The van der Waals surface area contributed by atoms with Crippen molar-refractivity contribution in [2.45, 2.75) is 0 Å². The van der Waals surface area contributed by atoms with Crippen LogP contribution in [-0.2, 0) is 0 Å². The van der Waals surface area contributed by atoms with Crippen molar-refractivity contribution < 1.29 is 14.3 Å². The first-order valence-electron chi connectivity index (χ1n) is 9.68. The van der Waals surface area contributed by atoms with Gasteiger partial charge in [-0.2, -0.15) is 0 Å². The van der Waals surface area contributed by atoms with E-state index in [2.05, 4.69) is 0 Å². The summed E-state index contributed by atoms with van der Waals surface area (Å²) >= 11 is 0. The minimum Gasteiger partial charge on any atom is -0.507 e. The van der Waals surface area contributed by atoms with Crippen LogP contribution in [0.15, 0.2) is 109 Å². The lowest BCUT2D eigenvalue weighted by Gasteiger charge is -2.27. The van der Waals surface area contributed by atoms with Gasteiger partial charge in [0.1, 0.15) is 40.9 Å². The summed E-state index contributed by atoms with van der Waals surface area (Å²) in [5, 5.41) is 13.4. The Kier molecular flexibility index (Phi) is 5.74. The maximum atomic E-state index is 13.9. The first-order chi connectivity index (χ1) is 14.6. The first-order valence-corrected chi connectivity index (χ1v) is 11.7. The molecule has 0 aromatic heterocycles. The quantitative estimate of drug-likeness (QED) is 0.366. The molecule has 4 rings (SSSR count). The summed E-state index contributed by atoms with van der Waals surface area (Å²) < 4.78 is 13.9. The van der Waals surface area contributed by atoms with Crippen LogP contribution in [0, 0.1) is 5.82 Å². The molecular weight excluding hydrogens is 394 g/mol. The van der Waals surface area contributed by atoms with E-state index < -0.39 is 13.1 Å². The summed E-state index contributed by atoms with van der Waals surface area (Å²) in [4.78, 5) is 13.5. The molecule has 0 amide bonds. The minimum absolute atomic E-state index is 0.0159. The van der Waals surface area contributed by atoms with E-state index in [9.17, 15) is 14.3 Å². The lowest BCUT2D eigenvalue weighted by molar-refractivity contribution is 0.101. The van der Waals surface area contributed by atoms with E-state index in [1.807, 2.05) is 91.0 Å². The van der Waals surface area contributed by atoms with Crippen molar-refractivity contribution in [3.8, 4) is 5.75 Å². The lowest BCUT2D eigenvalue weighted by atomic mass is 10.1. The van der Waals surface area contributed by atoms with Crippen LogP contribution in [0.3, 0.4) is 0 Å². The van der Waals surface area contributed by atoms with Crippen molar-refractivity contribution >= 4 is 29.0 Å². The molecule has 0 atom stereocenters. The van der Waals surface area contributed by atoms with Gasteiger partial charge in [0.05, 0.1) is 5.56 Å². The fourth-order valence-electron chi connectivity index (χ4n) is 3.80. The predicted octanol–water partition coefficient (Wildman–Crippen LogP) is 4.71. The van der Waals surface area contributed by atoms with E-state index in [1.54, 1.807) is 0 Å². The highest BCUT2D eigenvalue weighted by atomic mass is 31.2. The number of benzene rings is 4. The van der Waals surface area contributed by atoms with Gasteiger partial charge in [-0.05, 0) is 54.6 Å². The molecule has 0 heterocycles. The van der Waals surface area contributed by atoms with Crippen LogP contribution in [0.4, 0.5) is 4.39 Å². The molecule has 1 N–H and O–H groups in total. The van der Waals surface area contributed by atoms with Crippen molar-refractivity contribution in [2.75, 3.05) is 6.16 Å². The van der Waals surface area contributed by atoms with Crippen LogP contribution in [0.1, 0.15) is 10.4 Å². The second-order valence-corrected chi connectivity index (χ2v) is 10.5. The highest BCUT2D eigenvalue weighted by molar-refractivity contribution is 7.96. The monoisotopic (exact) mass is 415 g/mol. The fourth-order valence-corrected chi connectivity index (χ4v) is 7.89. The van der Waals surface area contributed by atoms with Crippen LogP contribution in [-0.4, -0.2) is 17.1 Å². The molecular formula is C26H21FO2P+. The van der Waals surface area contributed by atoms with E-state index in [0.29, 0.717) is 0 Å². The number of aromatic hydroxyl groups is 1. The van der Waals surface area contributed by atoms with Gasteiger partial charge in [-0.25, -0.2) is 4.39 Å². The maximum absolute atomic E-state index is 13.9. The molecule has 4 aromatic carbocycles. The smallest absolute Gasteiger partial charge is 0.204 e. The molecule has 0 aliphatic rings. The number of halogens is 1. The molecule has 0 fully saturated rings. The number of phenols is 1. The zero-order chi connectivity index (χ0) is 21.0. The van der Waals surface area contributed by atoms with Gasteiger partial charge in [-0.3, -0.25) is 4.79 Å². The summed E-state index contributed by atoms with van der Waals surface area (Å²) in [5.41, 5.74) is 0.0159. The summed E-state index contributed by atoms with van der Waals surface area (Å²) in [6.45, 7) is 0. The molecule has 0 aliphatic heterocycles. The fraction of sp³-hybridized carbons (Fsp3) is 0.0385. The normalized spacial score (nSPS) is 11.2. The van der Waals surface area contributed by atoms with Gasteiger partial charge in [-0.1, -0.05) is 54.6 Å². The van der Waals surface area contributed by atoms with Crippen LogP contribution >= 0.6 is 7.26 Å². The second kappa shape index (κ2) is 8.61. The minimum atomic E-state index is -2.39. The SMILES string of the molecule is O=C(C[P+](c1ccccc1)(c1ccccc1)c1ccccc1)c1cc(F)ccc1O. The molecule has 0 aliphatic carbocycles. The Labute approximate surface area is 176 Å². The van der Waals surface area contributed by atoms with Gasteiger partial charge < -0.3 is 5.11 Å². The van der Waals surface area contributed by atoms with Gasteiger partial charge in [0.25, 0.3) is 0 Å². The van der Waals surface area contributed by atoms with Crippen LogP contribution in [0.2, 0.25) is 0 Å². The molecule has 4 heteroatoms. The average molecular weight is 415 g/mol. The number of carbonyl (C=O) groups is 1. The van der Waals surface area contributed by atoms with Crippen molar-refractivity contribution in [3.05, 3.63) is 121 Å². The standard InChI is InChI=1S/C26H20FO2P/c27-20-16-17-25(28)24(18-20)26(29)19-30(21-10-4-1-5-11-21,22-12-6-2-7-13-22)23-14-8-3-9-15-23/h1-18H,19H2/p+1. The van der Waals surface area contributed by atoms with Crippen LogP contribution in [0.25, 0.3) is 0 Å². The Morgan fingerprint density at radius 2 is 1.13 bits per heavy atom. The lowest BCUT2D eigenvalue weighted by Crippen LogP contribution is -2.35.